The summed E-state index contributed by atoms with van der Waals surface area (Å²) >= 11 is 0. The third kappa shape index (κ3) is 4.83. The van der Waals surface area contributed by atoms with Crippen LogP contribution in [0.25, 0.3) is 0 Å². The van der Waals surface area contributed by atoms with Gasteiger partial charge in [-0.25, -0.2) is 0 Å². The van der Waals surface area contributed by atoms with E-state index in [0.717, 1.165) is 30.9 Å². The van der Waals surface area contributed by atoms with Crippen LogP contribution in [0, 0.1) is 0 Å². The molecule has 5 nitrogen and oxygen atoms in total. The van der Waals surface area contributed by atoms with Crippen molar-refractivity contribution in [2.24, 2.45) is 0 Å². The van der Waals surface area contributed by atoms with Gasteiger partial charge in [0.15, 0.2) is 0 Å². The topological polar surface area (TPSA) is 59.6 Å². The number of benzene rings is 1. The fourth-order valence-corrected chi connectivity index (χ4v) is 2.09. The second-order valence-electron chi connectivity index (χ2n) is 4.88. The van der Waals surface area contributed by atoms with Crippen molar-refractivity contribution in [3.63, 3.8) is 0 Å². The van der Waals surface area contributed by atoms with E-state index in [1.807, 2.05) is 31.3 Å². The van der Waals surface area contributed by atoms with Gasteiger partial charge in [0, 0.05) is 31.3 Å². The first kappa shape index (κ1) is 14.8. The summed E-state index contributed by atoms with van der Waals surface area (Å²) in [6.07, 6.45) is 2.82. The highest BCUT2D eigenvalue weighted by molar-refractivity contribution is 5.90. The number of nitrogens with one attached hydrogen (secondary N) is 2. The zero-order valence-electron chi connectivity index (χ0n) is 11.9. The number of ether oxygens (including phenoxy) is 2. The molecule has 1 aromatic rings. The summed E-state index contributed by atoms with van der Waals surface area (Å²) in [7, 11) is 1.83. The molecule has 1 fully saturated rings. The van der Waals surface area contributed by atoms with E-state index in [9.17, 15) is 4.79 Å². The van der Waals surface area contributed by atoms with E-state index in [4.69, 9.17) is 9.47 Å². The molecule has 1 atom stereocenters. The highest BCUT2D eigenvalue weighted by atomic mass is 16.5. The lowest BCUT2D eigenvalue weighted by molar-refractivity contribution is -0.116. The lowest BCUT2D eigenvalue weighted by Crippen LogP contribution is -2.19. The van der Waals surface area contributed by atoms with Gasteiger partial charge in [0.25, 0.3) is 0 Å². The average Bonchev–Trinajstić information content (AvgIpc) is 2.97. The molecule has 0 radical (unpaired) electrons. The van der Waals surface area contributed by atoms with Crippen LogP contribution in [0.1, 0.15) is 19.3 Å². The summed E-state index contributed by atoms with van der Waals surface area (Å²) in [5, 5.41) is 5.80. The van der Waals surface area contributed by atoms with Crippen LogP contribution in [0.2, 0.25) is 0 Å². The molecule has 2 N–H and O–H groups in total. The van der Waals surface area contributed by atoms with Gasteiger partial charge in [-0.15, -0.1) is 0 Å². The maximum absolute atomic E-state index is 11.6. The van der Waals surface area contributed by atoms with Crippen LogP contribution in [-0.4, -0.2) is 38.8 Å². The van der Waals surface area contributed by atoms with Crippen molar-refractivity contribution in [1.82, 2.24) is 5.32 Å². The second-order valence-corrected chi connectivity index (χ2v) is 4.88. The summed E-state index contributed by atoms with van der Waals surface area (Å²) < 4.78 is 11.2. The summed E-state index contributed by atoms with van der Waals surface area (Å²) in [4.78, 5) is 11.6. The Morgan fingerprint density at radius 2 is 2.40 bits per heavy atom. The van der Waals surface area contributed by atoms with Gasteiger partial charge in [0.05, 0.1) is 6.10 Å². The van der Waals surface area contributed by atoms with Crippen molar-refractivity contribution >= 4 is 11.6 Å². The Bertz CT molecular complexity index is 431. The molecule has 5 heteroatoms. The lowest BCUT2D eigenvalue weighted by Gasteiger charge is -2.12. The molecule has 1 aromatic carbocycles. The largest absolute Gasteiger partial charge is 0.491 e. The van der Waals surface area contributed by atoms with Gasteiger partial charge in [-0.2, -0.15) is 0 Å². The molecule has 1 unspecified atom stereocenters. The third-order valence-corrected chi connectivity index (χ3v) is 3.18. The Labute approximate surface area is 119 Å². The number of hydrogen-bond acceptors (Lipinski definition) is 4. The molecule has 0 spiro atoms. The van der Waals surface area contributed by atoms with E-state index in [1.165, 1.54) is 0 Å². The van der Waals surface area contributed by atoms with E-state index in [-0.39, 0.29) is 12.0 Å². The van der Waals surface area contributed by atoms with Crippen LogP contribution >= 0.6 is 0 Å². The number of amides is 1. The average molecular weight is 278 g/mol. The maximum atomic E-state index is 11.6. The Morgan fingerprint density at radius 1 is 1.50 bits per heavy atom. The summed E-state index contributed by atoms with van der Waals surface area (Å²) in [5.41, 5.74) is 0.760. The Kier molecular flexibility index (Phi) is 5.83. The predicted molar refractivity (Wildman–Crippen MR) is 78.1 cm³/mol. The standard InChI is InChI=1S/C15H22N2O3/c1-16-8-7-15(18)17-12-4-2-5-13(10-12)20-11-14-6-3-9-19-14/h2,4-5,10,14,16H,3,6-9,11H2,1H3,(H,17,18). The first-order valence-corrected chi connectivity index (χ1v) is 7.07. The van der Waals surface area contributed by atoms with E-state index >= 15 is 0 Å². The summed E-state index contributed by atoms with van der Waals surface area (Å²) in [6, 6.07) is 7.46. The minimum atomic E-state index is -0.00405. The number of carbonyl (C=O) groups excluding carboxylic acids is 1. The monoisotopic (exact) mass is 278 g/mol. The first-order valence-electron chi connectivity index (χ1n) is 7.07. The van der Waals surface area contributed by atoms with Gasteiger partial charge in [0.2, 0.25) is 5.91 Å². The van der Waals surface area contributed by atoms with Gasteiger partial charge in [-0.05, 0) is 32.0 Å². The maximum Gasteiger partial charge on any atom is 0.225 e. The van der Waals surface area contributed by atoms with E-state index in [0.29, 0.717) is 19.6 Å². The van der Waals surface area contributed by atoms with E-state index in [1.54, 1.807) is 0 Å². The van der Waals surface area contributed by atoms with Gasteiger partial charge in [-0.1, -0.05) is 6.07 Å². The molecule has 0 aromatic heterocycles. The van der Waals surface area contributed by atoms with Gasteiger partial charge in [-0.3, -0.25) is 4.79 Å². The number of rotatable bonds is 7. The SMILES string of the molecule is CNCCC(=O)Nc1cccc(OCC2CCCO2)c1. The van der Waals surface area contributed by atoms with Crippen LogP contribution in [0.4, 0.5) is 5.69 Å². The first-order chi connectivity index (χ1) is 9.78. The molecule has 1 aliphatic heterocycles. The Morgan fingerprint density at radius 3 is 3.15 bits per heavy atom. The number of carbonyl (C=O) groups is 1. The van der Waals surface area contributed by atoms with Crippen molar-refractivity contribution in [2.75, 3.05) is 32.1 Å². The number of anilines is 1. The van der Waals surface area contributed by atoms with Crippen LogP contribution in [0.15, 0.2) is 24.3 Å². The molecular formula is C15H22N2O3. The normalized spacial score (nSPS) is 17.9. The Hall–Kier alpha value is -1.59. The summed E-state index contributed by atoms with van der Waals surface area (Å²) in [5.74, 6) is 0.752. The molecule has 2 rings (SSSR count). The molecule has 1 amide bonds. The zero-order valence-corrected chi connectivity index (χ0v) is 11.9. The van der Waals surface area contributed by atoms with Gasteiger partial charge >= 0.3 is 0 Å². The highest BCUT2D eigenvalue weighted by Gasteiger charge is 2.16. The van der Waals surface area contributed by atoms with Gasteiger partial charge < -0.3 is 20.1 Å². The molecule has 1 saturated heterocycles. The lowest BCUT2D eigenvalue weighted by atomic mass is 10.2. The zero-order chi connectivity index (χ0) is 14.2. The van der Waals surface area contributed by atoms with Crippen molar-refractivity contribution in [3.8, 4) is 5.75 Å². The quantitative estimate of drug-likeness (QED) is 0.798. The summed E-state index contributed by atoms with van der Waals surface area (Å²) in [6.45, 7) is 2.06. The van der Waals surface area contributed by atoms with Crippen molar-refractivity contribution < 1.29 is 14.3 Å². The van der Waals surface area contributed by atoms with Crippen LogP contribution in [0.5, 0.6) is 5.75 Å². The molecule has 0 aliphatic carbocycles. The molecule has 20 heavy (non-hydrogen) atoms. The van der Waals surface area contributed by atoms with E-state index in [2.05, 4.69) is 10.6 Å². The van der Waals surface area contributed by atoms with E-state index < -0.39 is 0 Å². The third-order valence-electron chi connectivity index (χ3n) is 3.18. The smallest absolute Gasteiger partial charge is 0.225 e. The minimum Gasteiger partial charge on any atom is -0.491 e. The van der Waals surface area contributed by atoms with Crippen LogP contribution in [-0.2, 0) is 9.53 Å². The second kappa shape index (κ2) is 7.87. The van der Waals surface area contributed by atoms with Crippen LogP contribution < -0.4 is 15.4 Å². The predicted octanol–water partition coefficient (Wildman–Crippen LogP) is 1.79. The fourth-order valence-electron chi connectivity index (χ4n) is 2.09. The van der Waals surface area contributed by atoms with Crippen molar-refractivity contribution in [3.05, 3.63) is 24.3 Å². The number of hydrogen-bond donors (Lipinski definition) is 2. The molecule has 0 bridgehead atoms. The molecule has 110 valence electrons. The molecule has 0 saturated carbocycles. The molecule has 1 heterocycles. The minimum absolute atomic E-state index is 0.00405. The van der Waals surface area contributed by atoms with Crippen LogP contribution in [0.3, 0.4) is 0 Å². The van der Waals surface area contributed by atoms with Crippen molar-refractivity contribution in [2.45, 2.75) is 25.4 Å². The molecular weight excluding hydrogens is 256 g/mol. The van der Waals surface area contributed by atoms with Crippen molar-refractivity contribution in [1.29, 1.82) is 0 Å². The highest BCUT2D eigenvalue weighted by Crippen LogP contribution is 2.19. The Balaban J connectivity index is 1.82. The fraction of sp³-hybridized carbons (Fsp3) is 0.533. The molecule has 1 aliphatic rings. The van der Waals surface area contributed by atoms with Gasteiger partial charge in [0.1, 0.15) is 12.4 Å².